The highest BCUT2D eigenvalue weighted by atomic mass is 32.2. The van der Waals surface area contributed by atoms with Crippen LogP contribution in [0.4, 0.5) is 5.69 Å². The van der Waals surface area contributed by atoms with Crippen molar-refractivity contribution in [1.29, 1.82) is 0 Å². The fourth-order valence-corrected chi connectivity index (χ4v) is 5.17. The third-order valence-electron chi connectivity index (χ3n) is 5.85. The van der Waals surface area contributed by atoms with E-state index in [0.717, 1.165) is 34.9 Å². The summed E-state index contributed by atoms with van der Waals surface area (Å²) in [5.41, 5.74) is 3.02. The van der Waals surface area contributed by atoms with Gasteiger partial charge in [-0.25, -0.2) is 0 Å². The van der Waals surface area contributed by atoms with E-state index in [2.05, 4.69) is 9.88 Å². The van der Waals surface area contributed by atoms with E-state index in [0.29, 0.717) is 25.6 Å². The van der Waals surface area contributed by atoms with Crippen LogP contribution in [-0.4, -0.2) is 85.2 Å². The topological polar surface area (TPSA) is 81.2 Å². The number of hydrogen-bond donors (Lipinski definition) is 0. The maximum atomic E-state index is 13.0. The Hall–Kier alpha value is -2.33. The van der Waals surface area contributed by atoms with Gasteiger partial charge in [-0.15, -0.1) is 4.31 Å². The Balaban J connectivity index is 1.36. The van der Waals surface area contributed by atoms with E-state index < -0.39 is 11.4 Å². The van der Waals surface area contributed by atoms with E-state index in [9.17, 15) is 9.35 Å². The molecule has 1 amide bonds. The second-order valence-electron chi connectivity index (χ2n) is 8.49. The van der Waals surface area contributed by atoms with Crippen LogP contribution in [0, 0.1) is 19.8 Å². The van der Waals surface area contributed by atoms with Crippen LogP contribution in [0.25, 0.3) is 0 Å². The number of rotatable bonds is 11. The summed E-state index contributed by atoms with van der Waals surface area (Å²) in [6.45, 7) is 7.25. The number of aromatic nitrogens is 1. The third-order valence-corrected chi connectivity index (χ3v) is 7.59. The average molecular weight is 475 g/mol. The molecule has 33 heavy (non-hydrogen) atoms. The van der Waals surface area contributed by atoms with E-state index in [4.69, 9.17) is 9.47 Å². The van der Waals surface area contributed by atoms with Crippen LogP contribution in [0.5, 0.6) is 5.75 Å². The van der Waals surface area contributed by atoms with Crippen molar-refractivity contribution in [3.63, 3.8) is 0 Å². The number of ether oxygens (including phenoxy) is 2. The average Bonchev–Trinajstić information content (AvgIpc) is 2.78. The Labute approximate surface area is 199 Å². The van der Waals surface area contributed by atoms with Gasteiger partial charge in [0.25, 0.3) is 0 Å². The molecule has 0 radical (unpaired) electrons. The number of amides is 1. The summed E-state index contributed by atoms with van der Waals surface area (Å²) in [4.78, 5) is 21.3. The summed E-state index contributed by atoms with van der Waals surface area (Å²) in [6, 6.07) is 7.77. The van der Waals surface area contributed by atoms with Crippen molar-refractivity contribution in [3.05, 3.63) is 47.8 Å². The van der Waals surface area contributed by atoms with Gasteiger partial charge < -0.3 is 23.8 Å². The lowest BCUT2D eigenvalue weighted by Crippen LogP contribution is -2.52. The number of carbonyl (C=O) groups is 1. The number of nitrogens with zero attached hydrogens (tertiary/aromatic N) is 4. The zero-order valence-electron chi connectivity index (χ0n) is 20.1. The van der Waals surface area contributed by atoms with Crippen LogP contribution < -0.4 is 9.64 Å². The molecule has 1 fully saturated rings. The molecule has 0 N–H and O–H groups in total. The van der Waals surface area contributed by atoms with Crippen LogP contribution in [0.3, 0.4) is 0 Å². The van der Waals surface area contributed by atoms with Gasteiger partial charge in [0.2, 0.25) is 5.91 Å². The molecule has 0 bridgehead atoms. The Bertz CT molecular complexity index is 901. The van der Waals surface area contributed by atoms with Gasteiger partial charge in [0, 0.05) is 68.9 Å². The van der Waals surface area contributed by atoms with Gasteiger partial charge in [0.05, 0.1) is 31.6 Å². The summed E-state index contributed by atoms with van der Waals surface area (Å²) in [7, 11) is 5.23. The molecule has 1 saturated heterocycles. The second kappa shape index (κ2) is 11.7. The monoisotopic (exact) mass is 474 g/mol. The number of carbonyl (C=O) groups excluding carboxylic acids is 1. The molecule has 9 heteroatoms. The van der Waals surface area contributed by atoms with Crippen molar-refractivity contribution in [2.45, 2.75) is 18.7 Å². The van der Waals surface area contributed by atoms with Crippen molar-refractivity contribution in [3.8, 4) is 5.75 Å². The zero-order valence-corrected chi connectivity index (χ0v) is 20.9. The molecule has 1 aromatic heterocycles. The predicted octanol–water partition coefficient (Wildman–Crippen LogP) is 2.27. The molecule has 1 aliphatic rings. The van der Waals surface area contributed by atoms with E-state index in [-0.39, 0.29) is 12.5 Å². The molecule has 1 unspecified atom stereocenters. The molecular weight excluding hydrogens is 440 g/mol. The number of hydrogen-bond acceptors (Lipinski definition) is 7. The lowest BCUT2D eigenvalue weighted by molar-refractivity contribution is -0.135. The molecule has 2 heterocycles. The van der Waals surface area contributed by atoms with Gasteiger partial charge in [-0.1, -0.05) is 0 Å². The van der Waals surface area contributed by atoms with E-state index in [1.54, 1.807) is 35.8 Å². The fourth-order valence-electron chi connectivity index (χ4n) is 3.95. The Morgan fingerprint density at radius 2 is 1.85 bits per heavy atom. The van der Waals surface area contributed by atoms with Crippen LogP contribution in [0.15, 0.2) is 41.6 Å². The highest BCUT2D eigenvalue weighted by Crippen LogP contribution is 2.27. The minimum absolute atomic E-state index is 0.0261. The van der Waals surface area contributed by atoms with Crippen molar-refractivity contribution in [2.75, 3.05) is 65.5 Å². The summed E-state index contributed by atoms with van der Waals surface area (Å²) in [6.07, 6.45) is 3.59. The first-order valence-electron chi connectivity index (χ1n) is 11.0. The van der Waals surface area contributed by atoms with Gasteiger partial charge in [-0.05, 0) is 38.1 Å². The molecule has 1 atom stereocenters. The van der Waals surface area contributed by atoms with Gasteiger partial charge in [0.1, 0.15) is 12.4 Å². The van der Waals surface area contributed by atoms with Gasteiger partial charge in [-0.3, -0.25) is 9.78 Å². The maximum Gasteiger partial charge on any atom is 0.248 e. The summed E-state index contributed by atoms with van der Waals surface area (Å²) < 4.78 is 25.6. The summed E-state index contributed by atoms with van der Waals surface area (Å²) in [5.74, 6) is 1.17. The maximum absolute atomic E-state index is 13.0. The smallest absolute Gasteiger partial charge is 0.248 e. The molecule has 180 valence electrons. The number of benzene rings is 1. The minimum Gasteiger partial charge on any atom is -0.593 e. The molecule has 0 spiro atoms. The first kappa shape index (κ1) is 25.3. The van der Waals surface area contributed by atoms with Crippen molar-refractivity contribution in [1.82, 2.24) is 14.2 Å². The van der Waals surface area contributed by atoms with Crippen LogP contribution in [0.2, 0.25) is 0 Å². The first-order valence-corrected chi connectivity index (χ1v) is 12.2. The van der Waals surface area contributed by atoms with Gasteiger partial charge in [0.15, 0.2) is 4.90 Å². The highest BCUT2D eigenvalue weighted by molar-refractivity contribution is 7.89. The van der Waals surface area contributed by atoms with Gasteiger partial charge >= 0.3 is 0 Å². The zero-order chi connectivity index (χ0) is 24.0. The molecule has 0 aliphatic carbocycles. The summed E-state index contributed by atoms with van der Waals surface area (Å²) >= 11 is -1.31. The minimum atomic E-state index is -1.31. The van der Waals surface area contributed by atoms with E-state index >= 15 is 0 Å². The Morgan fingerprint density at radius 1 is 1.21 bits per heavy atom. The fraction of sp³-hybridized carbons (Fsp3) is 0.500. The number of methoxy groups -OCH3 is 1. The molecule has 1 aliphatic heterocycles. The van der Waals surface area contributed by atoms with E-state index in [1.165, 1.54) is 5.69 Å². The number of aryl methyl sites for hydroxylation is 2. The third kappa shape index (κ3) is 6.60. The standard InChI is InChI=1S/C24H34N4O4S/c1-18-12-22(31-5)13-19(2)24(18)33(30)27(4)10-11-32-17-23(29)26(3)14-20-15-28(16-20)21-6-8-25-9-7-21/h6-9,12-13,20H,10-11,14-17H2,1-5H3. The molecule has 0 saturated carbocycles. The molecular formula is C24H34N4O4S. The van der Waals surface area contributed by atoms with Crippen molar-refractivity contribution >= 4 is 23.0 Å². The molecule has 8 nitrogen and oxygen atoms in total. The lowest BCUT2D eigenvalue weighted by Gasteiger charge is -2.42. The molecule has 3 rings (SSSR count). The summed E-state index contributed by atoms with van der Waals surface area (Å²) in [5, 5.41) is 0. The van der Waals surface area contributed by atoms with Crippen molar-refractivity contribution < 1.29 is 18.8 Å². The van der Waals surface area contributed by atoms with Gasteiger partial charge in [-0.2, -0.15) is 0 Å². The number of likely N-dealkylation sites (N-methyl/N-ethyl adjacent to an activating group) is 2. The second-order valence-corrected chi connectivity index (χ2v) is 10.0. The number of anilines is 1. The predicted molar refractivity (Wildman–Crippen MR) is 130 cm³/mol. The normalized spacial score (nSPS) is 14.8. The Kier molecular flexibility index (Phi) is 8.96. The number of pyridine rings is 1. The molecule has 1 aromatic carbocycles. The van der Waals surface area contributed by atoms with Crippen molar-refractivity contribution in [2.24, 2.45) is 5.92 Å². The SMILES string of the molecule is COc1cc(C)c([S+]([O-])N(C)CCOCC(=O)N(C)CC2CN(c3ccncc3)C2)c(C)c1. The quantitative estimate of drug-likeness (QED) is 0.365. The molecule has 2 aromatic rings. The lowest BCUT2D eigenvalue weighted by atomic mass is 9.99. The van der Waals surface area contributed by atoms with Crippen LogP contribution in [0.1, 0.15) is 11.1 Å². The highest BCUT2D eigenvalue weighted by Gasteiger charge is 2.29. The van der Waals surface area contributed by atoms with E-state index in [1.807, 2.05) is 45.2 Å². The van der Waals surface area contributed by atoms with Crippen LogP contribution in [-0.2, 0) is 20.9 Å². The first-order chi connectivity index (χ1) is 15.8. The van der Waals surface area contributed by atoms with Crippen LogP contribution >= 0.6 is 0 Å². The Morgan fingerprint density at radius 3 is 2.45 bits per heavy atom. The largest absolute Gasteiger partial charge is 0.593 e.